The number of likely N-dealkylation sites (tertiary alicyclic amines) is 1. The summed E-state index contributed by atoms with van der Waals surface area (Å²) in [7, 11) is 0. The summed E-state index contributed by atoms with van der Waals surface area (Å²) in [5, 5.41) is 5.58. The van der Waals surface area contributed by atoms with Gasteiger partial charge in [-0.05, 0) is 75.1 Å². The van der Waals surface area contributed by atoms with Gasteiger partial charge in [0.25, 0.3) is 0 Å². The van der Waals surface area contributed by atoms with Crippen molar-refractivity contribution in [1.29, 1.82) is 0 Å². The Bertz CT molecular complexity index is 1340. The summed E-state index contributed by atoms with van der Waals surface area (Å²) in [6.07, 6.45) is 6.73. The van der Waals surface area contributed by atoms with Crippen molar-refractivity contribution >= 4 is 23.5 Å². The lowest BCUT2D eigenvalue weighted by molar-refractivity contribution is -0.135. The van der Waals surface area contributed by atoms with Crippen molar-refractivity contribution < 1.29 is 18.8 Å². The molecule has 1 unspecified atom stereocenters. The Kier molecular flexibility index (Phi) is 10.1. The van der Waals surface area contributed by atoms with Crippen LogP contribution < -0.4 is 16.4 Å². The maximum atomic E-state index is 13.7. The first kappa shape index (κ1) is 30.9. The van der Waals surface area contributed by atoms with Crippen molar-refractivity contribution in [2.24, 2.45) is 11.7 Å². The lowest BCUT2D eigenvalue weighted by Crippen LogP contribution is -2.54. The molecular formula is C32H41FN6O3. The average molecular weight is 577 g/mol. The molecule has 42 heavy (non-hydrogen) atoms. The molecule has 1 aromatic heterocycles. The summed E-state index contributed by atoms with van der Waals surface area (Å²) in [5.41, 5.74) is 6.58. The summed E-state index contributed by atoms with van der Waals surface area (Å²) < 4.78 is 15.4. The van der Waals surface area contributed by atoms with E-state index in [1.54, 1.807) is 36.7 Å². The van der Waals surface area contributed by atoms with E-state index in [0.29, 0.717) is 37.4 Å². The number of carbonyl (C=O) groups excluding carboxylic acids is 3. The Morgan fingerprint density at radius 1 is 1.07 bits per heavy atom. The molecule has 1 fully saturated rings. The molecule has 2 heterocycles. The predicted molar refractivity (Wildman–Crippen MR) is 160 cm³/mol. The highest BCUT2D eigenvalue weighted by Gasteiger charge is 2.31. The molecular weight excluding hydrogens is 535 g/mol. The number of hydrogen-bond acceptors (Lipinski definition) is 5. The van der Waals surface area contributed by atoms with E-state index in [9.17, 15) is 18.8 Å². The topological polar surface area (TPSA) is 122 Å². The number of nitrogens with zero attached hydrogens (tertiary/aromatic N) is 3. The standard InChI is InChI=1S/C32H41FN6O3/c1-22-16-18-38(19-17-22)30(41)28(24-12-14-25(33)15-13-24)39-20-27(35-21-39)37-29(40)26(36-31(42)32(2,3)34)11-7-10-23-8-5-4-6-9-23/h4-6,8-9,12-15,20-22,26,28H,7,10-11,16-19,34H2,1-3H3,(H,36,42)(H,37,40)/t26-,28?/m1/s1. The maximum Gasteiger partial charge on any atom is 0.250 e. The number of imidazole rings is 1. The van der Waals surface area contributed by atoms with Gasteiger partial charge in [0.1, 0.15) is 17.9 Å². The Hall–Kier alpha value is -4.05. The number of halogens is 1. The largest absolute Gasteiger partial charge is 0.343 e. The molecule has 1 aliphatic heterocycles. The number of carbonyl (C=O) groups is 3. The van der Waals surface area contributed by atoms with Crippen molar-refractivity contribution in [1.82, 2.24) is 19.8 Å². The average Bonchev–Trinajstić information content (AvgIpc) is 3.41. The van der Waals surface area contributed by atoms with Crippen LogP contribution in [-0.2, 0) is 20.8 Å². The van der Waals surface area contributed by atoms with E-state index in [0.717, 1.165) is 24.8 Å². The Balaban J connectivity index is 1.51. The molecule has 0 aliphatic carbocycles. The molecule has 0 spiro atoms. The molecule has 3 amide bonds. The second-order valence-electron chi connectivity index (χ2n) is 11.8. The third-order valence-corrected chi connectivity index (χ3v) is 7.67. The number of benzene rings is 2. The summed E-state index contributed by atoms with van der Waals surface area (Å²) in [6, 6.07) is 14.2. The zero-order valence-electron chi connectivity index (χ0n) is 24.6. The van der Waals surface area contributed by atoms with E-state index in [2.05, 4.69) is 22.5 Å². The highest BCUT2D eigenvalue weighted by atomic mass is 19.1. The molecule has 4 rings (SSSR count). The molecule has 3 aromatic rings. The van der Waals surface area contributed by atoms with Crippen LogP contribution in [-0.4, -0.2) is 56.8 Å². The monoisotopic (exact) mass is 576 g/mol. The van der Waals surface area contributed by atoms with Gasteiger partial charge < -0.3 is 25.8 Å². The molecule has 1 saturated heterocycles. The number of aromatic nitrogens is 2. The van der Waals surface area contributed by atoms with Crippen molar-refractivity contribution in [2.75, 3.05) is 18.4 Å². The lowest BCUT2D eigenvalue weighted by Gasteiger charge is -2.33. The van der Waals surface area contributed by atoms with Crippen molar-refractivity contribution in [3.05, 3.63) is 84.1 Å². The third kappa shape index (κ3) is 8.25. The van der Waals surface area contributed by atoms with Crippen LogP contribution in [0.15, 0.2) is 67.1 Å². The molecule has 0 radical (unpaired) electrons. The number of nitrogens with two attached hydrogens (primary N) is 1. The first-order chi connectivity index (χ1) is 20.0. The zero-order valence-corrected chi connectivity index (χ0v) is 24.6. The van der Waals surface area contributed by atoms with Gasteiger partial charge in [0, 0.05) is 19.3 Å². The number of nitrogens with one attached hydrogen (secondary N) is 2. The first-order valence-corrected chi connectivity index (χ1v) is 14.5. The fraction of sp³-hybridized carbons (Fsp3) is 0.438. The van der Waals surface area contributed by atoms with Gasteiger partial charge in [0.15, 0.2) is 5.82 Å². The zero-order chi connectivity index (χ0) is 30.3. The molecule has 0 saturated carbocycles. The van der Waals surface area contributed by atoms with Crippen LogP contribution in [0.25, 0.3) is 0 Å². The number of anilines is 1. The van der Waals surface area contributed by atoms with E-state index in [1.807, 2.05) is 35.2 Å². The summed E-state index contributed by atoms with van der Waals surface area (Å²) in [5.74, 6) is -0.580. The first-order valence-electron chi connectivity index (χ1n) is 14.5. The number of amides is 3. The fourth-order valence-corrected chi connectivity index (χ4v) is 5.01. The minimum atomic E-state index is -1.16. The van der Waals surface area contributed by atoms with E-state index < -0.39 is 35.3 Å². The Morgan fingerprint density at radius 2 is 1.74 bits per heavy atom. The number of rotatable bonds is 11. The SMILES string of the molecule is CC1CCN(C(=O)C(c2ccc(F)cc2)n2cnc(NC(=O)[C@@H](CCCc3ccccc3)NC(=O)C(C)(C)N)c2)CC1. The van der Waals surface area contributed by atoms with Gasteiger partial charge in [0.05, 0.1) is 11.9 Å². The van der Waals surface area contributed by atoms with Crippen molar-refractivity contribution in [3.8, 4) is 0 Å². The van der Waals surface area contributed by atoms with Crippen LogP contribution >= 0.6 is 0 Å². The normalized spacial score (nSPS) is 15.6. The molecule has 224 valence electrons. The van der Waals surface area contributed by atoms with E-state index in [1.165, 1.54) is 18.5 Å². The Labute approximate surface area is 246 Å². The molecule has 9 nitrogen and oxygen atoms in total. The molecule has 2 atom stereocenters. The second kappa shape index (κ2) is 13.7. The summed E-state index contributed by atoms with van der Waals surface area (Å²) in [6.45, 7) is 6.64. The summed E-state index contributed by atoms with van der Waals surface area (Å²) in [4.78, 5) is 46.0. The number of piperidine rings is 1. The van der Waals surface area contributed by atoms with E-state index in [4.69, 9.17) is 5.73 Å². The highest BCUT2D eigenvalue weighted by Crippen LogP contribution is 2.26. The lowest BCUT2D eigenvalue weighted by atomic mass is 9.97. The molecule has 0 bridgehead atoms. The van der Waals surface area contributed by atoms with Crippen molar-refractivity contribution in [3.63, 3.8) is 0 Å². The smallest absolute Gasteiger partial charge is 0.250 e. The van der Waals surface area contributed by atoms with Gasteiger partial charge in [-0.1, -0.05) is 49.4 Å². The van der Waals surface area contributed by atoms with Crippen LogP contribution in [0.2, 0.25) is 0 Å². The van der Waals surface area contributed by atoms with Gasteiger partial charge in [0.2, 0.25) is 17.7 Å². The van der Waals surface area contributed by atoms with Crippen LogP contribution in [0.5, 0.6) is 0 Å². The predicted octanol–water partition coefficient (Wildman–Crippen LogP) is 4.05. The van der Waals surface area contributed by atoms with E-state index in [-0.39, 0.29) is 11.7 Å². The second-order valence-corrected chi connectivity index (χ2v) is 11.8. The fourth-order valence-electron chi connectivity index (χ4n) is 5.01. The van der Waals surface area contributed by atoms with Crippen LogP contribution in [0, 0.1) is 11.7 Å². The Morgan fingerprint density at radius 3 is 2.38 bits per heavy atom. The van der Waals surface area contributed by atoms with Gasteiger partial charge in [-0.25, -0.2) is 9.37 Å². The quantitative estimate of drug-likeness (QED) is 0.318. The third-order valence-electron chi connectivity index (χ3n) is 7.67. The molecule has 2 aromatic carbocycles. The minimum Gasteiger partial charge on any atom is -0.343 e. The number of aryl methyl sites for hydroxylation is 1. The summed E-state index contributed by atoms with van der Waals surface area (Å²) >= 11 is 0. The van der Waals surface area contributed by atoms with Crippen LogP contribution in [0.3, 0.4) is 0 Å². The van der Waals surface area contributed by atoms with Crippen LogP contribution in [0.4, 0.5) is 10.2 Å². The van der Waals surface area contributed by atoms with Gasteiger partial charge in [-0.3, -0.25) is 14.4 Å². The molecule has 4 N–H and O–H groups in total. The minimum absolute atomic E-state index is 0.111. The number of hydrogen-bond donors (Lipinski definition) is 3. The molecule has 1 aliphatic rings. The van der Waals surface area contributed by atoms with Gasteiger partial charge >= 0.3 is 0 Å². The highest BCUT2D eigenvalue weighted by molar-refractivity contribution is 5.98. The van der Waals surface area contributed by atoms with Crippen molar-refractivity contribution in [2.45, 2.75) is 70.5 Å². The van der Waals surface area contributed by atoms with Gasteiger partial charge in [-0.2, -0.15) is 0 Å². The van der Waals surface area contributed by atoms with Gasteiger partial charge in [-0.15, -0.1) is 0 Å². The maximum absolute atomic E-state index is 13.7. The van der Waals surface area contributed by atoms with E-state index >= 15 is 0 Å². The molecule has 10 heteroatoms. The van der Waals surface area contributed by atoms with Crippen LogP contribution in [0.1, 0.15) is 63.6 Å².